The summed E-state index contributed by atoms with van der Waals surface area (Å²) in [6.45, 7) is 8.00. The first kappa shape index (κ1) is 28.4. The van der Waals surface area contributed by atoms with Crippen LogP contribution in [-0.2, 0) is 0 Å². The Kier molecular flexibility index (Phi) is 9.26. The number of benzene rings is 8. The van der Waals surface area contributed by atoms with Gasteiger partial charge in [-0.2, -0.15) is 0 Å². The fourth-order valence-corrected chi connectivity index (χ4v) is 5.34. The first-order valence-electron chi connectivity index (χ1n) is 13.1. The molecular formula is C38H40. The van der Waals surface area contributed by atoms with E-state index in [2.05, 4.69) is 121 Å². The molecule has 0 aromatic heterocycles. The van der Waals surface area contributed by atoms with Crippen LogP contribution in [0.25, 0.3) is 64.6 Å². The van der Waals surface area contributed by atoms with Crippen molar-refractivity contribution in [2.45, 2.75) is 42.5 Å². The van der Waals surface area contributed by atoms with Crippen molar-refractivity contribution < 1.29 is 0 Å². The Morgan fingerprint density at radius 2 is 0.368 bits per heavy atom. The summed E-state index contributed by atoms with van der Waals surface area (Å²) >= 11 is 0. The van der Waals surface area contributed by atoms with E-state index in [0.29, 0.717) is 0 Å². The van der Waals surface area contributed by atoms with Crippen LogP contribution in [-0.4, -0.2) is 0 Å². The van der Waals surface area contributed by atoms with Gasteiger partial charge in [0.25, 0.3) is 0 Å². The van der Waals surface area contributed by atoms with Gasteiger partial charge in [0, 0.05) is 0 Å². The first-order valence-corrected chi connectivity index (χ1v) is 13.1. The van der Waals surface area contributed by atoms with Gasteiger partial charge in [0.05, 0.1) is 0 Å². The molecule has 0 nitrogen and oxygen atoms in total. The van der Waals surface area contributed by atoms with Crippen LogP contribution >= 0.6 is 0 Å². The molecule has 0 heterocycles. The van der Waals surface area contributed by atoms with Crippen molar-refractivity contribution in [3.8, 4) is 0 Å². The monoisotopic (exact) mass is 496 g/mol. The molecule has 0 aliphatic carbocycles. The minimum absolute atomic E-state index is 0. The van der Waals surface area contributed by atoms with Gasteiger partial charge in [-0.15, -0.1) is 0 Å². The maximum atomic E-state index is 2.21. The normalized spacial score (nSPS) is 10.2. The zero-order valence-corrected chi connectivity index (χ0v) is 21.5. The molecule has 0 aliphatic rings. The van der Waals surface area contributed by atoms with E-state index in [9.17, 15) is 0 Å². The second-order valence-corrected chi connectivity index (χ2v) is 8.58. The van der Waals surface area contributed by atoms with E-state index in [0.717, 1.165) is 0 Å². The van der Waals surface area contributed by atoms with Gasteiger partial charge in [-0.05, 0) is 64.6 Å². The van der Waals surface area contributed by atoms with Gasteiger partial charge in [-0.1, -0.05) is 164 Å². The molecule has 0 spiro atoms. The average molecular weight is 497 g/mol. The highest BCUT2D eigenvalue weighted by molar-refractivity contribution is 6.23. The highest BCUT2D eigenvalue weighted by Gasteiger charge is 2.07. The molecule has 0 heteroatoms. The van der Waals surface area contributed by atoms with E-state index < -0.39 is 0 Å². The van der Waals surface area contributed by atoms with E-state index in [1.807, 2.05) is 27.7 Å². The Labute approximate surface area is 228 Å². The summed E-state index contributed by atoms with van der Waals surface area (Å²) < 4.78 is 0. The average Bonchev–Trinajstić information content (AvgIpc) is 2.97. The van der Waals surface area contributed by atoms with Crippen molar-refractivity contribution in [3.05, 3.63) is 121 Å². The van der Waals surface area contributed by atoms with Crippen molar-refractivity contribution in [3.63, 3.8) is 0 Å². The minimum atomic E-state index is 0. The minimum Gasteiger partial charge on any atom is -0.0776 e. The SMILES string of the molecule is C.C.CC.CC.c1cc2ccc3cccc4ccc(c1)c2c34.c1cc2ccc3cccc4ccc(c1)c2c34. The Morgan fingerprint density at radius 3 is 0.500 bits per heavy atom. The van der Waals surface area contributed by atoms with Gasteiger partial charge >= 0.3 is 0 Å². The first-order chi connectivity index (χ1) is 17.9. The van der Waals surface area contributed by atoms with Gasteiger partial charge in [0.15, 0.2) is 0 Å². The zero-order valence-electron chi connectivity index (χ0n) is 21.5. The smallest absolute Gasteiger partial charge is 0.00268 e. The summed E-state index contributed by atoms with van der Waals surface area (Å²) in [5.74, 6) is 0. The molecule has 0 saturated heterocycles. The molecule has 0 unspecified atom stereocenters. The van der Waals surface area contributed by atoms with Crippen LogP contribution in [0.3, 0.4) is 0 Å². The molecule has 0 saturated carbocycles. The molecule has 8 aromatic rings. The van der Waals surface area contributed by atoms with Crippen LogP contribution in [0.5, 0.6) is 0 Å². The van der Waals surface area contributed by atoms with Gasteiger partial charge in [0.1, 0.15) is 0 Å². The molecule has 0 radical (unpaired) electrons. The highest BCUT2D eigenvalue weighted by atomic mass is 14.1. The van der Waals surface area contributed by atoms with Crippen LogP contribution < -0.4 is 0 Å². The predicted molar refractivity (Wildman–Crippen MR) is 176 cm³/mol. The lowest BCUT2D eigenvalue weighted by molar-refractivity contribution is 1.50. The maximum Gasteiger partial charge on any atom is -0.00268 e. The number of rotatable bonds is 0. The van der Waals surface area contributed by atoms with Crippen LogP contribution in [0.4, 0.5) is 0 Å². The lowest BCUT2D eigenvalue weighted by atomic mass is 9.95. The molecule has 192 valence electrons. The topological polar surface area (TPSA) is 0 Å². The number of hydrogen-bond donors (Lipinski definition) is 0. The molecule has 0 aliphatic heterocycles. The third kappa shape index (κ3) is 4.75. The summed E-state index contributed by atoms with van der Waals surface area (Å²) in [6.07, 6.45) is 0. The quantitative estimate of drug-likeness (QED) is 0.183. The molecule has 0 N–H and O–H groups in total. The molecule has 0 bridgehead atoms. The third-order valence-corrected chi connectivity index (χ3v) is 6.79. The molecule has 0 amide bonds. The van der Waals surface area contributed by atoms with Crippen LogP contribution in [0.1, 0.15) is 42.5 Å². The molecule has 8 aromatic carbocycles. The van der Waals surface area contributed by atoms with Crippen molar-refractivity contribution >= 4 is 64.6 Å². The van der Waals surface area contributed by atoms with Gasteiger partial charge in [0.2, 0.25) is 0 Å². The van der Waals surface area contributed by atoms with E-state index in [1.54, 1.807) is 0 Å². The largest absolute Gasteiger partial charge is 0.0776 e. The van der Waals surface area contributed by atoms with E-state index in [-0.39, 0.29) is 14.9 Å². The standard InChI is InChI=1S/2C16H10.2C2H6.2CH4/c2*1-3-11-7-9-13-5-2-6-14-10-8-12(4-1)15(11)16(13)14;2*1-2;;/h2*1-10H;2*1-2H3;2*1H4. The summed E-state index contributed by atoms with van der Waals surface area (Å²) in [6, 6.07) is 43.7. The van der Waals surface area contributed by atoms with Crippen molar-refractivity contribution in [1.82, 2.24) is 0 Å². The summed E-state index contributed by atoms with van der Waals surface area (Å²) in [7, 11) is 0. The summed E-state index contributed by atoms with van der Waals surface area (Å²) in [5, 5.41) is 16.3. The fourth-order valence-electron chi connectivity index (χ4n) is 5.34. The van der Waals surface area contributed by atoms with E-state index in [4.69, 9.17) is 0 Å². The van der Waals surface area contributed by atoms with Crippen molar-refractivity contribution in [1.29, 1.82) is 0 Å². The predicted octanol–water partition coefficient (Wildman–Crippen LogP) is 12.5. The van der Waals surface area contributed by atoms with Crippen molar-refractivity contribution in [2.24, 2.45) is 0 Å². The summed E-state index contributed by atoms with van der Waals surface area (Å²) in [4.78, 5) is 0. The Hall–Kier alpha value is -4.16. The second kappa shape index (κ2) is 12.4. The van der Waals surface area contributed by atoms with Crippen LogP contribution in [0.15, 0.2) is 121 Å². The number of hydrogen-bond acceptors (Lipinski definition) is 0. The molecule has 0 fully saturated rings. The zero-order chi connectivity index (χ0) is 25.1. The fraction of sp³-hybridized carbons (Fsp3) is 0.158. The van der Waals surface area contributed by atoms with Gasteiger partial charge in [-0.25, -0.2) is 0 Å². The highest BCUT2D eigenvalue weighted by Crippen LogP contribution is 2.35. The van der Waals surface area contributed by atoms with Gasteiger partial charge < -0.3 is 0 Å². The van der Waals surface area contributed by atoms with Gasteiger partial charge in [-0.3, -0.25) is 0 Å². The van der Waals surface area contributed by atoms with E-state index >= 15 is 0 Å². The van der Waals surface area contributed by atoms with Crippen LogP contribution in [0.2, 0.25) is 0 Å². The third-order valence-electron chi connectivity index (χ3n) is 6.79. The summed E-state index contributed by atoms with van der Waals surface area (Å²) in [5.41, 5.74) is 0. The lowest BCUT2D eigenvalue weighted by Gasteiger charge is -2.09. The molecule has 0 atom stereocenters. The van der Waals surface area contributed by atoms with Crippen LogP contribution in [0, 0.1) is 0 Å². The van der Waals surface area contributed by atoms with Crippen molar-refractivity contribution in [2.75, 3.05) is 0 Å². The van der Waals surface area contributed by atoms with E-state index in [1.165, 1.54) is 64.6 Å². The Morgan fingerprint density at radius 1 is 0.237 bits per heavy atom. The molecule has 8 rings (SSSR count). The Bertz CT molecular complexity index is 1470. The second-order valence-electron chi connectivity index (χ2n) is 8.58. The lowest BCUT2D eigenvalue weighted by Crippen LogP contribution is -1.82. The molecule has 38 heavy (non-hydrogen) atoms. The maximum absolute atomic E-state index is 2.21. The molecular weight excluding hydrogens is 456 g/mol. The Balaban J connectivity index is 0.000000178.